The second-order valence-corrected chi connectivity index (χ2v) is 9.13. The Morgan fingerprint density at radius 1 is 0.744 bits per heavy atom. The number of anilines is 1. The predicted molar refractivity (Wildman–Crippen MR) is 149 cm³/mol. The van der Waals surface area contributed by atoms with E-state index in [9.17, 15) is 24.6 Å². The number of aryl methyl sites for hydroxylation is 2. The van der Waals surface area contributed by atoms with Crippen LogP contribution in [0.5, 0.6) is 0 Å². The summed E-state index contributed by atoms with van der Waals surface area (Å²) in [4.78, 5) is 40.3. The smallest absolute Gasteiger partial charge is 0.317 e. The van der Waals surface area contributed by atoms with E-state index in [1.54, 1.807) is 84.9 Å². The first-order chi connectivity index (χ1) is 18.7. The lowest BCUT2D eigenvalue weighted by Gasteiger charge is -2.32. The Balaban J connectivity index is 1.75. The van der Waals surface area contributed by atoms with Crippen molar-refractivity contribution in [2.45, 2.75) is 19.4 Å². The summed E-state index contributed by atoms with van der Waals surface area (Å²) in [6.07, 6.45) is 0.799. The summed E-state index contributed by atoms with van der Waals surface area (Å²) in [6.45, 7) is 3.67. The van der Waals surface area contributed by atoms with Crippen LogP contribution in [0.4, 0.5) is 5.69 Å². The van der Waals surface area contributed by atoms with E-state index < -0.39 is 29.0 Å². The highest BCUT2D eigenvalue weighted by atomic mass is 16.3. The molecule has 0 radical (unpaired) electrons. The molecule has 0 bridgehead atoms. The Morgan fingerprint density at radius 2 is 1.26 bits per heavy atom. The summed E-state index contributed by atoms with van der Waals surface area (Å²) in [5, 5.41) is 23.2. The minimum absolute atomic E-state index is 0.188. The number of carbonyl (C=O) groups is 3. The monoisotopic (exact) mass is 520 g/mol. The van der Waals surface area contributed by atoms with E-state index in [0.717, 1.165) is 22.2 Å². The first-order valence-corrected chi connectivity index (χ1v) is 12.3. The molecule has 0 aromatic heterocycles. The van der Waals surface area contributed by atoms with Crippen molar-refractivity contribution in [3.63, 3.8) is 0 Å². The molecule has 0 unspecified atom stereocenters. The average molecular weight is 521 g/mol. The molecule has 0 saturated heterocycles. The Bertz CT molecular complexity index is 1490. The molecule has 0 aliphatic heterocycles. The van der Waals surface area contributed by atoms with Gasteiger partial charge in [0.05, 0.1) is 5.69 Å². The minimum Gasteiger partial charge on any atom is -0.507 e. The molecular weight excluding hydrogens is 492 g/mol. The van der Waals surface area contributed by atoms with Crippen LogP contribution in [0.15, 0.2) is 115 Å². The Kier molecular flexibility index (Phi) is 8.03. The fourth-order valence-electron chi connectivity index (χ4n) is 4.15. The van der Waals surface area contributed by atoms with Crippen LogP contribution in [0.1, 0.15) is 27.8 Å². The second kappa shape index (κ2) is 11.6. The lowest BCUT2D eigenvalue weighted by Crippen LogP contribution is -2.56. The van der Waals surface area contributed by atoms with E-state index in [1.165, 1.54) is 12.1 Å². The van der Waals surface area contributed by atoms with Gasteiger partial charge in [-0.25, -0.2) is 5.01 Å². The molecular formula is C32H28N2O5. The number of nitrogens with zero attached hydrogens (tertiary/aromatic N) is 1. The molecule has 4 aromatic carbocycles. The highest BCUT2D eigenvalue weighted by Gasteiger charge is 2.42. The van der Waals surface area contributed by atoms with Crippen LogP contribution in [-0.2, 0) is 20.0 Å². The van der Waals surface area contributed by atoms with Crippen LogP contribution in [0.2, 0.25) is 0 Å². The van der Waals surface area contributed by atoms with Crippen LogP contribution in [0, 0.1) is 13.8 Å². The molecule has 7 nitrogen and oxygen atoms in total. The van der Waals surface area contributed by atoms with E-state index in [4.69, 9.17) is 0 Å². The number of aliphatic hydroxyl groups is 2. The van der Waals surface area contributed by atoms with Crippen LogP contribution in [0.25, 0.3) is 5.76 Å². The normalized spacial score (nSPS) is 11.5. The van der Waals surface area contributed by atoms with E-state index in [2.05, 4.69) is 5.43 Å². The van der Waals surface area contributed by atoms with Gasteiger partial charge in [0, 0.05) is 11.6 Å². The van der Waals surface area contributed by atoms with Crippen molar-refractivity contribution >= 4 is 29.0 Å². The van der Waals surface area contributed by atoms with E-state index in [0.29, 0.717) is 16.7 Å². The summed E-state index contributed by atoms with van der Waals surface area (Å²) in [5.41, 5.74) is 3.02. The molecule has 2 amide bonds. The zero-order valence-electron chi connectivity index (χ0n) is 21.5. The highest BCUT2D eigenvalue weighted by Crippen LogP contribution is 2.32. The molecule has 0 atom stereocenters. The summed E-state index contributed by atoms with van der Waals surface area (Å²) in [7, 11) is 0. The van der Waals surface area contributed by atoms with Crippen LogP contribution in [0.3, 0.4) is 0 Å². The number of ketones is 1. The van der Waals surface area contributed by atoms with E-state index in [1.807, 2.05) is 26.0 Å². The summed E-state index contributed by atoms with van der Waals surface area (Å²) in [6, 6.07) is 30.1. The zero-order chi connectivity index (χ0) is 28.0. The van der Waals surface area contributed by atoms with Gasteiger partial charge >= 0.3 is 5.91 Å². The minimum atomic E-state index is -2.20. The molecule has 0 heterocycles. The lowest BCUT2D eigenvalue weighted by atomic mass is 9.84. The lowest BCUT2D eigenvalue weighted by molar-refractivity contribution is -0.140. The number of aliphatic hydroxyl groups excluding tert-OH is 1. The average Bonchev–Trinajstić information content (AvgIpc) is 2.95. The molecule has 0 aliphatic rings. The Hall–Kier alpha value is -5.01. The van der Waals surface area contributed by atoms with Gasteiger partial charge in [-0.2, -0.15) is 0 Å². The number of hydrazine groups is 1. The summed E-state index contributed by atoms with van der Waals surface area (Å²) in [5.74, 6) is -3.55. The number of carbonyl (C=O) groups excluding carboxylic acids is 3. The van der Waals surface area contributed by atoms with Gasteiger partial charge in [-0.05, 0) is 37.1 Å². The maximum absolute atomic E-state index is 13.9. The zero-order valence-corrected chi connectivity index (χ0v) is 21.5. The Labute approximate surface area is 226 Å². The molecule has 0 spiro atoms. The first-order valence-electron chi connectivity index (χ1n) is 12.3. The number of hydrogen-bond acceptors (Lipinski definition) is 5. The topological polar surface area (TPSA) is 107 Å². The van der Waals surface area contributed by atoms with Gasteiger partial charge in [0.15, 0.2) is 5.60 Å². The number of para-hydroxylation sites is 1. The third-order valence-corrected chi connectivity index (χ3v) is 6.18. The van der Waals surface area contributed by atoms with Crippen molar-refractivity contribution in [3.05, 3.63) is 143 Å². The number of nitrogens with one attached hydrogen (secondary N) is 1. The van der Waals surface area contributed by atoms with Crippen LogP contribution >= 0.6 is 0 Å². The standard InChI is InChI=1S/C32H28N2O5/c1-22-11-9-15-25(19-22)32(39,26-16-10-12-23(2)20-26)31(38)33-34(27-17-7-4-8-18-27)30(37)29(36)21-28(35)24-13-5-3-6-14-24/h3-21,35,39H,1-2H3,(H,33,38)/b28-21+. The Morgan fingerprint density at radius 3 is 1.77 bits per heavy atom. The third kappa shape index (κ3) is 5.95. The molecule has 196 valence electrons. The third-order valence-electron chi connectivity index (χ3n) is 6.18. The predicted octanol–water partition coefficient (Wildman–Crippen LogP) is 4.77. The van der Waals surface area contributed by atoms with Crippen molar-refractivity contribution in [1.29, 1.82) is 0 Å². The number of hydrogen-bond donors (Lipinski definition) is 3. The van der Waals surface area contributed by atoms with Gasteiger partial charge in [-0.1, -0.05) is 108 Å². The van der Waals surface area contributed by atoms with Crippen LogP contribution in [-0.4, -0.2) is 27.8 Å². The molecule has 0 fully saturated rings. The summed E-state index contributed by atoms with van der Waals surface area (Å²) < 4.78 is 0. The maximum Gasteiger partial charge on any atom is 0.317 e. The molecule has 0 aliphatic carbocycles. The van der Waals surface area contributed by atoms with Gasteiger partial charge in [-0.15, -0.1) is 0 Å². The number of benzene rings is 4. The van der Waals surface area contributed by atoms with E-state index >= 15 is 0 Å². The van der Waals surface area contributed by atoms with Crippen molar-refractivity contribution in [3.8, 4) is 0 Å². The maximum atomic E-state index is 13.9. The van der Waals surface area contributed by atoms with Crippen molar-refractivity contribution in [1.82, 2.24) is 5.43 Å². The van der Waals surface area contributed by atoms with Gasteiger partial charge in [0.2, 0.25) is 5.78 Å². The van der Waals surface area contributed by atoms with Crippen molar-refractivity contribution in [2.24, 2.45) is 0 Å². The molecule has 39 heavy (non-hydrogen) atoms. The van der Waals surface area contributed by atoms with Gasteiger partial charge in [-0.3, -0.25) is 19.8 Å². The fraction of sp³-hybridized carbons (Fsp3) is 0.0938. The second-order valence-electron chi connectivity index (χ2n) is 9.13. The molecule has 4 aromatic rings. The van der Waals surface area contributed by atoms with Gasteiger partial charge in [0.1, 0.15) is 5.76 Å². The molecule has 3 N–H and O–H groups in total. The number of amides is 2. The van der Waals surface area contributed by atoms with Crippen molar-refractivity contribution < 1.29 is 24.6 Å². The largest absolute Gasteiger partial charge is 0.507 e. The van der Waals surface area contributed by atoms with Gasteiger partial charge in [0.25, 0.3) is 5.91 Å². The first kappa shape index (κ1) is 27.0. The molecule has 4 rings (SSSR count). The quantitative estimate of drug-likeness (QED) is 0.141. The fourth-order valence-corrected chi connectivity index (χ4v) is 4.15. The van der Waals surface area contributed by atoms with Crippen molar-refractivity contribution in [2.75, 3.05) is 5.01 Å². The number of rotatable bonds is 7. The summed E-state index contributed by atoms with van der Waals surface area (Å²) >= 11 is 0. The van der Waals surface area contributed by atoms with E-state index in [-0.39, 0.29) is 5.69 Å². The molecule has 0 saturated carbocycles. The van der Waals surface area contributed by atoms with Gasteiger partial charge < -0.3 is 10.2 Å². The van der Waals surface area contributed by atoms with Crippen LogP contribution < -0.4 is 10.4 Å². The highest BCUT2D eigenvalue weighted by molar-refractivity contribution is 6.46. The SMILES string of the molecule is Cc1cccc(C(O)(C(=O)NN(C(=O)C(=O)/C=C(/O)c2ccccc2)c2ccccc2)c2cccc(C)c2)c1. The molecule has 7 heteroatoms.